The molecule has 0 saturated carbocycles. The molecule has 3 rings (SSSR count). The highest BCUT2D eigenvalue weighted by molar-refractivity contribution is 5.92. The van der Waals surface area contributed by atoms with Crippen LogP contribution in [0.1, 0.15) is 18.1 Å². The molecule has 160 valence electrons. The molecule has 0 aliphatic heterocycles. The monoisotopic (exact) mass is 421 g/mol. The Morgan fingerprint density at radius 2 is 1.45 bits per heavy atom. The minimum atomic E-state index is -1.05. The van der Waals surface area contributed by atoms with E-state index in [1.54, 1.807) is 18.2 Å². The lowest BCUT2D eigenvalue weighted by atomic mass is 9.98. The van der Waals surface area contributed by atoms with Crippen molar-refractivity contribution in [2.24, 2.45) is 5.73 Å². The molecule has 0 aliphatic carbocycles. The quantitative estimate of drug-likeness (QED) is 0.520. The largest absolute Gasteiger partial charge is 0.368 e. The number of primary amides is 1. The van der Waals surface area contributed by atoms with Crippen LogP contribution in [0.2, 0.25) is 0 Å². The van der Waals surface area contributed by atoms with Crippen molar-refractivity contribution in [2.75, 3.05) is 0 Å². The Morgan fingerprint density at radius 1 is 0.839 bits per heavy atom. The summed E-state index contributed by atoms with van der Waals surface area (Å²) in [5.74, 6) is -2.23. The Kier molecular flexibility index (Phi) is 6.97. The van der Waals surface area contributed by atoms with Crippen molar-refractivity contribution < 1.29 is 18.8 Å². The highest BCUT2D eigenvalue weighted by Gasteiger charge is 2.26. The van der Waals surface area contributed by atoms with E-state index in [0.29, 0.717) is 0 Å². The molecule has 0 radical (unpaired) electrons. The van der Waals surface area contributed by atoms with Gasteiger partial charge < -0.3 is 16.4 Å². The molecule has 0 aliphatic rings. The first kappa shape index (κ1) is 22.0. The van der Waals surface area contributed by atoms with Crippen LogP contribution in [0.25, 0.3) is 10.8 Å². The van der Waals surface area contributed by atoms with E-state index in [0.717, 1.165) is 16.3 Å². The summed E-state index contributed by atoms with van der Waals surface area (Å²) in [6.07, 6.45) is 0.132. The molecule has 3 aromatic carbocycles. The van der Waals surface area contributed by atoms with Crippen LogP contribution in [-0.4, -0.2) is 29.8 Å². The van der Waals surface area contributed by atoms with E-state index in [4.69, 9.17) is 5.73 Å². The van der Waals surface area contributed by atoms with E-state index < -0.39 is 35.6 Å². The van der Waals surface area contributed by atoms with Gasteiger partial charge >= 0.3 is 0 Å². The molecule has 0 heterocycles. The van der Waals surface area contributed by atoms with E-state index in [-0.39, 0.29) is 18.4 Å². The van der Waals surface area contributed by atoms with Gasteiger partial charge in [0.15, 0.2) is 0 Å². The number of hydrogen-bond donors (Lipinski definition) is 3. The summed E-state index contributed by atoms with van der Waals surface area (Å²) < 4.78 is 14.1. The predicted molar refractivity (Wildman–Crippen MR) is 116 cm³/mol. The third kappa shape index (κ3) is 5.66. The topological polar surface area (TPSA) is 101 Å². The molecule has 7 heteroatoms. The average molecular weight is 421 g/mol. The number of nitrogens with one attached hydrogen (secondary N) is 2. The van der Waals surface area contributed by atoms with Gasteiger partial charge in [0.25, 0.3) is 0 Å². The molecule has 0 saturated heterocycles. The number of nitrogens with two attached hydrogens (primary N) is 1. The first-order chi connectivity index (χ1) is 14.8. The van der Waals surface area contributed by atoms with Crippen LogP contribution in [0, 0.1) is 5.82 Å². The van der Waals surface area contributed by atoms with Crippen LogP contribution in [0.4, 0.5) is 4.39 Å². The lowest BCUT2D eigenvalue weighted by Crippen LogP contribution is -2.54. The molecule has 3 aromatic rings. The minimum Gasteiger partial charge on any atom is -0.368 e. The lowest BCUT2D eigenvalue weighted by Gasteiger charge is -2.22. The molecule has 0 bridgehead atoms. The van der Waals surface area contributed by atoms with Crippen LogP contribution in [-0.2, 0) is 27.2 Å². The number of halogens is 1. The summed E-state index contributed by atoms with van der Waals surface area (Å²) in [7, 11) is 0. The van der Waals surface area contributed by atoms with E-state index in [9.17, 15) is 18.8 Å². The Hall–Kier alpha value is -3.74. The Balaban J connectivity index is 1.81. The normalized spacial score (nSPS) is 12.7. The van der Waals surface area contributed by atoms with Crippen molar-refractivity contribution in [3.8, 4) is 0 Å². The molecule has 0 spiro atoms. The third-order valence-corrected chi connectivity index (χ3v) is 5.04. The summed E-state index contributed by atoms with van der Waals surface area (Å²) in [6.45, 7) is 1.27. The van der Waals surface area contributed by atoms with Gasteiger partial charge in [0.05, 0.1) is 0 Å². The molecule has 2 atom stereocenters. The summed E-state index contributed by atoms with van der Waals surface area (Å²) >= 11 is 0. The van der Waals surface area contributed by atoms with Crippen LogP contribution in [0.15, 0.2) is 66.7 Å². The fraction of sp³-hybridized carbons (Fsp3) is 0.208. The Labute approximate surface area is 179 Å². The van der Waals surface area contributed by atoms with Gasteiger partial charge in [-0.2, -0.15) is 0 Å². The van der Waals surface area contributed by atoms with Crippen molar-refractivity contribution in [3.05, 3.63) is 83.7 Å². The van der Waals surface area contributed by atoms with Gasteiger partial charge in [0.1, 0.15) is 17.9 Å². The first-order valence-electron chi connectivity index (χ1n) is 9.92. The standard InChI is InChI=1S/C24H24FN3O3/c1-15(29)27-22(14-18-8-3-5-12-20(18)25)24(31)28-21(23(26)30)13-17-10-6-9-16-7-2-4-11-19(16)17/h2-12,21-22H,13-14H2,1H3,(H2,26,30)(H,27,29)(H,28,31)/t21-,22+/m0/s1. The van der Waals surface area contributed by atoms with Gasteiger partial charge in [-0.1, -0.05) is 60.7 Å². The fourth-order valence-corrected chi connectivity index (χ4v) is 3.52. The van der Waals surface area contributed by atoms with Crippen molar-refractivity contribution in [1.29, 1.82) is 0 Å². The van der Waals surface area contributed by atoms with Gasteiger partial charge in [0.2, 0.25) is 17.7 Å². The molecule has 4 N–H and O–H groups in total. The number of benzene rings is 3. The summed E-state index contributed by atoms with van der Waals surface area (Å²) in [4.78, 5) is 36.6. The number of fused-ring (bicyclic) bond motifs is 1. The summed E-state index contributed by atoms with van der Waals surface area (Å²) in [5, 5.41) is 7.11. The second-order valence-corrected chi connectivity index (χ2v) is 7.35. The molecule has 0 aromatic heterocycles. The van der Waals surface area contributed by atoms with Crippen molar-refractivity contribution >= 4 is 28.5 Å². The van der Waals surface area contributed by atoms with Gasteiger partial charge in [-0.25, -0.2) is 4.39 Å². The molecule has 3 amide bonds. The average Bonchev–Trinajstić information content (AvgIpc) is 2.74. The van der Waals surface area contributed by atoms with Gasteiger partial charge in [-0.05, 0) is 28.0 Å². The molecule has 6 nitrogen and oxygen atoms in total. The molecule has 0 fully saturated rings. The van der Waals surface area contributed by atoms with Gasteiger partial charge in [-0.15, -0.1) is 0 Å². The molecular formula is C24H24FN3O3. The fourth-order valence-electron chi connectivity index (χ4n) is 3.52. The SMILES string of the molecule is CC(=O)N[C@H](Cc1ccccc1F)C(=O)N[C@@H](Cc1cccc2ccccc12)C(N)=O. The van der Waals surface area contributed by atoms with Gasteiger partial charge in [0, 0.05) is 19.8 Å². The van der Waals surface area contributed by atoms with Crippen molar-refractivity contribution in [2.45, 2.75) is 31.8 Å². The second-order valence-electron chi connectivity index (χ2n) is 7.35. The highest BCUT2D eigenvalue weighted by atomic mass is 19.1. The van der Waals surface area contributed by atoms with E-state index in [2.05, 4.69) is 10.6 Å². The summed E-state index contributed by atoms with van der Waals surface area (Å²) in [5.41, 5.74) is 6.69. The van der Waals surface area contributed by atoms with Crippen molar-refractivity contribution in [3.63, 3.8) is 0 Å². The first-order valence-corrected chi connectivity index (χ1v) is 9.92. The zero-order valence-corrected chi connectivity index (χ0v) is 17.1. The maximum atomic E-state index is 14.1. The van der Waals surface area contributed by atoms with E-state index in [1.165, 1.54) is 13.0 Å². The minimum absolute atomic E-state index is 0.0577. The van der Waals surface area contributed by atoms with Crippen LogP contribution in [0.5, 0.6) is 0 Å². The van der Waals surface area contributed by atoms with Crippen LogP contribution >= 0.6 is 0 Å². The van der Waals surface area contributed by atoms with E-state index >= 15 is 0 Å². The predicted octanol–water partition coefficient (Wildman–Crippen LogP) is 2.24. The highest BCUT2D eigenvalue weighted by Crippen LogP contribution is 2.20. The van der Waals surface area contributed by atoms with Crippen LogP contribution in [0.3, 0.4) is 0 Å². The summed E-state index contributed by atoms with van der Waals surface area (Å²) in [6, 6.07) is 17.4. The lowest BCUT2D eigenvalue weighted by molar-refractivity contribution is -0.130. The number of rotatable bonds is 8. The maximum Gasteiger partial charge on any atom is 0.243 e. The smallest absolute Gasteiger partial charge is 0.243 e. The van der Waals surface area contributed by atoms with E-state index in [1.807, 2.05) is 42.5 Å². The number of hydrogen-bond acceptors (Lipinski definition) is 3. The van der Waals surface area contributed by atoms with Crippen molar-refractivity contribution in [1.82, 2.24) is 10.6 Å². The van der Waals surface area contributed by atoms with Gasteiger partial charge in [-0.3, -0.25) is 14.4 Å². The zero-order valence-electron chi connectivity index (χ0n) is 17.1. The molecule has 0 unspecified atom stereocenters. The molecular weight excluding hydrogens is 397 g/mol. The second kappa shape index (κ2) is 9.84. The molecule has 31 heavy (non-hydrogen) atoms. The Morgan fingerprint density at radius 3 is 2.16 bits per heavy atom. The number of amides is 3. The number of carbonyl (C=O) groups excluding carboxylic acids is 3. The zero-order chi connectivity index (χ0) is 22.4. The Bertz CT molecular complexity index is 1110. The number of carbonyl (C=O) groups is 3. The third-order valence-electron chi connectivity index (χ3n) is 5.04. The maximum absolute atomic E-state index is 14.1. The van der Waals surface area contributed by atoms with Crippen LogP contribution < -0.4 is 16.4 Å².